The van der Waals surface area contributed by atoms with Crippen LogP contribution in [0.3, 0.4) is 0 Å². The molecule has 24 heavy (non-hydrogen) atoms. The molecule has 1 saturated heterocycles. The van der Waals surface area contributed by atoms with E-state index in [1.54, 1.807) is 11.8 Å². The van der Waals surface area contributed by atoms with Crippen LogP contribution in [-0.2, 0) is 9.53 Å². The molecule has 0 spiro atoms. The predicted octanol–water partition coefficient (Wildman–Crippen LogP) is 4.16. The molecule has 0 unspecified atom stereocenters. The van der Waals surface area contributed by atoms with Crippen molar-refractivity contribution >= 4 is 17.7 Å². The molecule has 0 aliphatic carbocycles. The molecule has 0 saturated carbocycles. The van der Waals surface area contributed by atoms with E-state index in [2.05, 4.69) is 12.1 Å². The van der Waals surface area contributed by atoms with E-state index in [-0.39, 0.29) is 23.4 Å². The quantitative estimate of drug-likeness (QED) is 0.782. The van der Waals surface area contributed by atoms with Crippen LogP contribution in [0.1, 0.15) is 24.7 Å². The van der Waals surface area contributed by atoms with Crippen molar-refractivity contribution in [2.45, 2.75) is 36.2 Å². The number of thioether (sulfide) groups is 1. The van der Waals surface area contributed by atoms with Gasteiger partial charge in [-0.15, -0.1) is 11.8 Å². The largest absolute Gasteiger partial charge is 0.372 e. The molecule has 3 atom stereocenters. The maximum Gasteiger partial charge on any atom is 0.240 e. The number of carbonyl (C=O) groups is 1. The highest BCUT2D eigenvalue weighted by atomic mass is 32.2. The third kappa shape index (κ3) is 4.19. The van der Waals surface area contributed by atoms with E-state index in [1.807, 2.05) is 67.3 Å². The van der Waals surface area contributed by atoms with Crippen molar-refractivity contribution in [2.24, 2.45) is 0 Å². The molecule has 3 nitrogen and oxygen atoms in total. The highest BCUT2D eigenvalue weighted by molar-refractivity contribution is 8.00. The van der Waals surface area contributed by atoms with Crippen LogP contribution in [0.4, 0.5) is 0 Å². The maximum absolute atomic E-state index is 13.2. The van der Waals surface area contributed by atoms with E-state index in [4.69, 9.17) is 4.74 Å². The monoisotopic (exact) mass is 341 g/mol. The lowest BCUT2D eigenvalue weighted by Crippen LogP contribution is -2.49. The van der Waals surface area contributed by atoms with Crippen molar-refractivity contribution in [3.05, 3.63) is 66.2 Å². The van der Waals surface area contributed by atoms with Gasteiger partial charge in [-0.25, -0.2) is 0 Å². The van der Waals surface area contributed by atoms with Crippen LogP contribution in [0.5, 0.6) is 0 Å². The van der Waals surface area contributed by atoms with Crippen molar-refractivity contribution in [1.82, 2.24) is 4.90 Å². The number of benzene rings is 2. The Balaban J connectivity index is 1.85. The smallest absolute Gasteiger partial charge is 0.240 e. The standard InChI is InChI=1S/C20H23NO2S/c1-15-13-21(14-16(2)23-15)20(22)19(17-9-5-3-6-10-17)24-18-11-7-4-8-12-18/h3-12,15-16,19H,13-14H2,1-2H3/t15-,16+,19-/m0/s1. The Morgan fingerprint density at radius 1 is 1.00 bits per heavy atom. The summed E-state index contributed by atoms with van der Waals surface area (Å²) in [5.74, 6) is 0.164. The topological polar surface area (TPSA) is 29.5 Å². The maximum atomic E-state index is 13.2. The van der Waals surface area contributed by atoms with Crippen LogP contribution in [0.2, 0.25) is 0 Å². The molecule has 1 aliphatic rings. The molecule has 2 aromatic carbocycles. The van der Waals surface area contributed by atoms with Gasteiger partial charge in [0.05, 0.1) is 12.2 Å². The first-order chi connectivity index (χ1) is 11.6. The molecule has 0 N–H and O–H groups in total. The number of carbonyl (C=O) groups excluding carboxylic acids is 1. The Morgan fingerprint density at radius 3 is 2.12 bits per heavy atom. The van der Waals surface area contributed by atoms with Crippen LogP contribution in [-0.4, -0.2) is 36.1 Å². The number of ether oxygens (including phenoxy) is 1. The molecule has 1 fully saturated rings. The summed E-state index contributed by atoms with van der Waals surface area (Å²) in [5, 5.41) is -0.230. The molecule has 126 valence electrons. The zero-order valence-corrected chi connectivity index (χ0v) is 14.9. The lowest BCUT2D eigenvalue weighted by molar-refractivity contribution is -0.142. The number of morpholine rings is 1. The lowest BCUT2D eigenvalue weighted by Gasteiger charge is -2.37. The minimum absolute atomic E-state index is 0.0795. The second kappa shape index (κ2) is 7.86. The molecule has 0 aromatic heterocycles. The summed E-state index contributed by atoms with van der Waals surface area (Å²) in [7, 11) is 0. The third-order valence-corrected chi connectivity index (χ3v) is 5.31. The zero-order valence-electron chi connectivity index (χ0n) is 14.1. The minimum atomic E-state index is -0.230. The Kier molecular flexibility index (Phi) is 5.59. The Bertz CT molecular complexity index is 652. The Hall–Kier alpha value is -1.78. The molecule has 1 aliphatic heterocycles. The zero-order chi connectivity index (χ0) is 16.9. The van der Waals surface area contributed by atoms with Crippen LogP contribution >= 0.6 is 11.8 Å². The average molecular weight is 341 g/mol. The van der Waals surface area contributed by atoms with Crippen molar-refractivity contribution in [3.8, 4) is 0 Å². The first-order valence-corrected chi connectivity index (χ1v) is 9.22. The van der Waals surface area contributed by atoms with Gasteiger partial charge < -0.3 is 9.64 Å². The molecule has 1 amide bonds. The Labute approximate surface area is 148 Å². The molecule has 3 rings (SSSR count). The first-order valence-electron chi connectivity index (χ1n) is 8.34. The van der Waals surface area contributed by atoms with E-state index in [9.17, 15) is 4.79 Å². The normalized spacial score (nSPS) is 22.2. The van der Waals surface area contributed by atoms with Gasteiger partial charge in [0.1, 0.15) is 5.25 Å². The summed E-state index contributed by atoms with van der Waals surface area (Å²) in [6.45, 7) is 5.36. The van der Waals surface area contributed by atoms with E-state index in [0.29, 0.717) is 13.1 Å². The van der Waals surface area contributed by atoms with Crippen molar-refractivity contribution in [2.75, 3.05) is 13.1 Å². The van der Waals surface area contributed by atoms with E-state index in [0.717, 1.165) is 10.5 Å². The Morgan fingerprint density at radius 2 is 1.54 bits per heavy atom. The fourth-order valence-corrected chi connectivity index (χ4v) is 4.18. The van der Waals surface area contributed by atoms with Gasteiger partial charge >= 0.3 is 0 Å². The van der Waals surface area contributed by atoms with Crippen LogP contribution in [0, 0.1) is 0 Å². The number of rotatable bonds is 4. The highest BCUT2D eigenvalue weighted by Crippen LogP contribution is 2.37. The summed E-state index contributed by atoms with van der Waals surface area (Å²) < 4.78 is 5.77. The van der Waals surface area contributed by atoms with Gasteiger partial charge in [-0.05, 0) is 31.5 Å². The number of hydrogen-bond donors (Lipinski definition) is 0. The summed E-state index contributed by atoms with van der Waals surface area (Å²) in [6.07, 6.45) is 0.159. The van der Waals surface area contributed by atoms with Gasteiger partial charge in [0, 0.05) is 18.0 Å². The van der Waals surface area contributed by atoms with Crippen LogP contribution < -0.4 is 0 Å². The SMILES string of the molecule is C[C@@H]1CN(C(=O)[C@@H](Sc2ccccc2)c2ccccc2)C[C@H](C)O1. The number of hydrogen-bond acceptors (Lipinski definition) is 3. The van der Waals surface area contributed by atoms with Crippen LogP contribution in [0.15, 0.2) is 65.6 Å². The van der Waals surface area contributed by atoms with Gasteiger partial charge in [0.2, 0.25) is 5.91 Å². The first kappa shape index (κ1) is 17.1. The molecule has 2 aromatic rings. The van der Waals surface area contributed by atoms with E-state index >= 15 is 0 Å². The van der Waals surface area contributed by atoms with Gasteiger partial charge in [-0.1, -0.05) is 48.5 Å². The molecular weight excluding hydrogens is 318 g/mol. The summed E-state index contributed by atoms with van der Waals surface area (Å²) >= 11 is 1.61. The van der Waals surface area contributed by atoms with Crippen LogP contribution in [0.25, 0.3) is 0 Å². The second-order valence-corrected chi connectivity index (χ2v) is 7.40. The minimum Gasteiger partial charge on any atom is -0.372 e. The van der Waals surface area contributed by atoms with Gasteiger partial charge in [-0.2, -0.15) is 0 Å². The fraction of sp³-hybridized carbons (Fsp3) is 0.350. The van der Waals surface area contributed by atoms with Crippen molar-refractivity contribution in [3.63, 3.8) is 0 Å². The molecule has 0 radical (unpaired) electrons. The number of amides is 1. The van der Waals surface area contributed by atoms with Gasteiger partial charge in [-0.3, -0.25) is 4.79 Å². The van der Waals surface area contributed by atoms with Gasteiger partial charge in [0.15, 0.2) is 0 Å². The lowest BCUT2D eigenvalue weighted by atomic mass is 10.1. The summed E-state index contributed by atoms with van der Waals surface area (Å²) in [6, 6.07) is 20.2. The average Bonchev–Trinajstić information content (AvgIpc) is 2.60. The predicted molar refractivity (Wildman–Crippen MR) is 98.1 cm³/mol. The molecule has 4 heteroatoms. The molecule has 0 bridgehead atoms. The summed E-state index contributed by atoms with van der Waals surface area (Å²) in [4.78, 5) is 16.3. The fourth-order valence-electron chi connectivity index (χ4n) is 3.05. The second-order valence-electron chi connectivity index (χ2n) is 6.22. The third-order valence-electron chi connectivity index (χ3n) is 4.06. The van der Waals surface area contributed by atoms with Crippen molar-refractivity contribution in [1.29, 1.82) is 0 Å². The molecular formula is C20H23NO2S. The van der Waals surface area contributed by atoms with E-state index in [1.165, 1.54) is 0 Å². The van der Waals surface area contributed by atoms with E-state index < -0.39 is 0 Å². The van der Waals surface area contributed by atoms with Gasteiger partial charge in [0.25, 0.3) is 0 Å². The van der Waals surface area contributed by atoms with Crippen molar-refractivity contribution < 1.29 is 9.53 Å². The number of nitrogens with zero attached hydrogens (tertiary/aromatic N) is 1. The summed E-state index contributed by atoms with van der Waals surface area (Å²) in [5.41, 5.74) is 1.04. The highest BCUT2D eigenvalue weighted by Gasteiger charge is 2.32. The molecule has 1 heterocycles.